The van der Waals surface area contributed by atoms with Crippen LogP contribution in [-0.2, 0) is 63.6 Å². The fourth-order valence-electron chi connectivity index (χ4n) is 9.44. The summed E-state index contributed by atoms with van der Waals surface area (Å²) in [7, 11) is 6.36. The summed E-state index contributed by atoms with van der Waals surface area (Å²) in [5, 5.41) is 10.0. The fraction of sp³-hybridized carbons (Fsp3) is 0.736. The molecule has 0 saturated carbocycles. The lowest BCUT2D eigenvalue weighted by molar-refractivity contribution is -0.150. The summed E-state index contributed by atoms with van der Waals surface area (Å²) >= 11 is 0. The predicted octanol–water partition coefficient (Wildman–Crippen LogP) is 5.61. The van der Waals surface area contributed by atoms with E-state index in [1.807, 2.05) is 71.9 Å². The van der Waals surface area contributed by atoms with Crippen LogP contribution in [-0.4, -0.2) is 173 Å². The number of carbonyl (C=O) groups excluding carboxylic acids is 5. The maximum absolute atomic E-state index is 14.6. The highest BCUT2D eigenvalue weighted by Crippen LogP contribution is 2.32. The Hall–Kier alpha value is -4.24. The maximum atomic E-state index is 14.6. The number of carbonyl (C=O) groups is 6. The van der Waals surface area contributed by atoms with Crippen LogP contribution in [0.5, 0.6) is 0 Å². The van der Waals surface area contributed by atoms with Crippen LogP contribution < -0.4 is 0 Å². The molecular formula is C53H85N3O13. The molecule has 1 heterocycles. The number of ketones is 2. The van der Waals surface area contributed by atoms with Crippen LogP contribution in [0.25, 0.3) is 0 Å². The molecule has 0 radical (unpaired) electrons. The molecule has 16 nitrogen and oxygen atoms in total. The molecule has 1 saturated heterocycles. The average molecular weight is 972 g/mol. The summed E-state index contributed by atoms with van der Waals surface area (Å²) in [5.74, 6) is -2.64. The van der Waals surface area contributed by atoms with E-state index in [0.29, 0.717) is 65.4 Å². The van der Waals surface area contributed by atoms with Crippen LogP contribution in [0.4, 0.5) is 0 Å². The number of ether oxygens (including phenoxy) is 6. The van der Waals surface area contributed by atoms with Crippen LogP contribution in [0.3, 0.4) is 0 Å². The van der Waals surface area contributed by atoms with E-state index in [9.17, 15) is 33.9 Å². The average Bonchev–Trinajstić information content (AvgIpc) is 3.81. The normalized spacial score (nSPS) is 17.3. The molecule has 0 bridgehead atoms. The summed E-state index contributed by atoms with van der Waals surface area (Å²) in [6, 6.07) is 7.50. The van der Waals surface area contributed by atoms with Gasteiger partial charge < -0.3 is 48.2 Å². The molecule has 0 aromatic heterocycles. The predicted molar refractivity (Wildman–Crippen MR) is 263 cm³/mol. The monoisotopic (exact) mass is 972 g/mol. The van der Waals surface area contributed by atoms with E-state index in [1.54, 1.807) is 30.8 Å². The first-order valence-corrected chi connectivity index (χ1v) is 24.8. The summed E-state index contributed by atoms with van der Waals surface area (Å²) < 4.78 is 33.7. The number of carboxylic acid groups (broad SMARTS) is 1. The fourth-order valence-corrected chi connectivity index (χ4v) is 9.44. The van der Waals surface area contributed by atoms with Crippen molar-refractivity contribution in [3.05, 3.63) is 35.9 Å². The summed E-state index contributed by atoms with van der Waals surface area (Å²) in [6.07, 6.45) is 5.76. The summed E-state index contributed by atoms with van der Waals surface area (Å²) in [6.45, 7) is 16.4. The lowest BCUT2D eigenvalue weighted by Gasteiger charge is -2.41. The molecule has 16 heteroatoms. The molecule has 69 heavy (non-hydrogen) atoms. The van der Waals surface area contributed by atoms with Gasteiger partial charge >= 0.3 is 5.97 Å². The Balaban J connectivity index is 2.11. The number of carboxylic acids is 1. The van der Waals surface area contributed by atoms with Crippen molar-refractivity contribution in [2.24, 2.45) is 35.5 Å². The number of likely N-dealkylation sites (tertiary alicyclic amines) is 1. The number of amides is 3. The van der Waals surface area contributed by atoms with Crippen LogP contribution in [0.1, 0.15) is 99.0 Å². The zero-order valence-corrected chi connectivity index (χ0v) is 43.5. The van der Waals surface area contributed by atoms with Crippen LogP contribution in [0, 0.1) is 47.9 Å². The molecule has 390 valence electrons. The Morgan fingerprint density at radius 3 is 1.90 bits per heavy atom. The number of Topliss-reactive ketones (excluding diaryl/α,β-unsaturated/α-hetero) is 2. The molecule has 2 rings (SSSR count). The first-order valence-electron chi connectivity index (χ1n) is 24.8. The topological polar surface area (TPSA) is 188 Å². The lowest BCUT2D eigenvalue weighted by Crippen LogP contribution is -2.54. The molecule has 1 N–H and O–H groups in total. The van der Waals surface area contributed by atoms with Crippen molar-refractivity contribution >= 4 is 35.3 Å². The van der Waals surface area contributed by atoms with Crippen molar-refractivity contribution in [2.75, 3.05) is 87.7 Å². The van der Waals surface area contributed by atoms with Gasteiger partial charge in [0.1, 0.15) is 12.4 Å². The summed E-state index contributed by atoms with van der Waals surface area (Å²) in [4.78, 5) is 87.4. The molecule has 3 amide bonds. The molecule has 1 fully saturated rings. The van der Waals surface area contributed by atoms with Crippen LogP contribution in [0.2, 0.25) is 0 Å². The van der Waals surface area contributed by atoms with Gasteiger partial charge in [-0.15, -0.1) is 6.42 Å². The second-order valence-electron chi connectivity index (χ2n) is 19.0. The third-order valence-electron chi connectivity index (χ3n) is 13.6. The molecule has 1 aromatic rings. The largest absolute Gasteiger partial charge is 0.481 e. The zero-order valence-electron chi connectivity index (χ0n) is 43.5. The van der Waals surface area contributed by atoms with E-state index in [4.69, 9.17) is 34.8 Å². The van der Waals surface area contributed by atoms with Gasteiger partial charge in [-0.2, -0.15) is 0 Å². The molecule has 0 spiro atoms. The number of terminal acetylenes is 1. The van der Waals surface area contributed by atoms with Gasteiger partial charge in [0.05, 0.1) is 95.3 Å². The third kappa shape index (κ3) is 19.8. The number of methoxy groups -OCH3 is 2. The number of rotatable bonds is 36. The van der Waals surface area contributed by atoms with Gasteiger partial charge in [0.2, 0.25) is 17.7 Å². The van der Waals surface area contributed by atoms with Gasteiger partial charge in [0.25, 0.3) is 0 Å². The Morgan fingerprint density at radius 2 is 1.38 bits per heavy atom. The van der Waals surface area contributed by atoms with Crippen molar-refractivity contribution in [1.82, 2.24) is 14.7 Å². The smallest absolute Gasteiger partial charge is 0.307 e. The number of benzene rings is 1. The quantitative estimate of drug-likeness (QED) is 0.0646. The zero-order chi connectivity index (χ0) is 51.6. The number of nitrogens with zero attached hydrogens (tertiary/aromatic N) is 3. The van der Waals surface area contributed by atoms with Gasteiger partial charge in [-0.3, -0.25) is 28.8 Å². The number of likely N-dealkylation sites (N-methyl/N-ethyl adjacent to an activating group) is 2. The van der Waals surface area contributed by atoms with Crippen LogP contribution >= 0.6 is 0 Å². The van der Waals surface area contributed by atoms with E-state index >= 15 is 0 Å². The second kappa shape index (κ2) is 32.6. The van der Waals surface area contributed by atoms with Crippen molar-refractivity contribution in [1.29, 1.82) is 0 Å². The van der Waals surface area contributed by atoms with Gasteiger partial charge in [-0.1, -0.05) is 91.1 Å². The van der Waals surface area contributed by atoms with E-state index in [2.05, 4.69) is 5.92 Å². The van der Waals surface area contributed by atoms with Gasteiger partial charge in [-0.25, -0.2) is 0 Å². The number of hydrogen-bond donors (Lipinski definition) is 1. The highest BCUT2D eigenvalue weighted by atomic mass is 16.6. The lowest BCUT2D eigenvalue weighted by atomic mass is 9.83. The van der Waals surface area contributed by atoms with Crippen molar-refractivity contribution in [3.63, 3.8) is 0 Å². The Morgan fingerprint density at radius 1 is 0.783 bits per heavy atom. The number of hydrogen-bond acceptors (Lipinski definition) is 12. The molecule has 9 atom stereocenters. The number of aliphatic carboxylic acids is 1. The highest BCUT2D eigenvalue weighted by molar-refractivity contribution is 5.93. The maximum Gasteiger partial charge on any atom is 0.307 e. The van der Waals surface area contributed by atoms with Gasteiger partial charge in [-0.05, 0) is 42.6 Å². The minimum atomic E-state index is -1.04. The van der Waals surface area contributed by atoms with E-state index in [-0.39, 0.29) is 92.4 Å². The van der Waals surface area contributed by atoms with Crippen molar-refractivity contribution in [3.8, 4) is 12.3 Å². The van der Waals surface area contributed by atoms with E-state index in [0.717, 1.165) is 5.56 Å². The third-order valence-corrected chi connectivity index (χ3v) is 13.6. The van der Waals surface area contributed by atoms with Crippen molar-refractivity contribution in [2.45, 2.75) is 130 Å². The van der Waals surface area contributed by atoms with Crippen LogP contribution in [0.15, 0.2) is 30.3 Å². The molecule has 1 aromatic carbocycles. The van der Waals surface area contributed by atoms with Gasteiger partial charge in [0, 0.05) is 59.5 Å². The molecule has 1 unspecified atom stereocenters. The Bertz CT molecular complexity index is 1750. The molecule has 0 aliphatic carbocycles. The first kappa shape index (κ1) is 60.9. The highest BCUT2D eigenvalue weighted by Gasteiger charge is 2.44. The molecule has 1 aliphatic heterocycles. The molecular weight excluding hydrogens is 887 g/mol. The van der Waals surface area contributed by atoms with Crippen molar-refractivity contribution < 1.29 is 62.3 Å². The first-order chi connectivity index (χ1) is 32.9. The molecule has 1 aliphatic rings. The van der Waals surface area contributed by atoms with E-state index in [1.165, 1.54) is 19.1 Å². The minimum Gasteiger partial charge on any atom is -0.481 e. The Labute approximate surface area is 412 Å². The minimum absolute atomic E-state index is 0.0410. The Kier molecular flexibility index (Phi) is 28.8. The SMILES string of the molecule is C#CCOCCOCCOCCOCCC(=O)N(C)[C@H](C(=O)C[C@H](C(=O)N(C)C([C@@H](C)CC)[C@@H](CC(=O)N1CCC[C@H]1[C@H](OC)[C@@H](C)C(=O)C[C@@H](Cc1ccccc1)C(=O)O)OC)C(C)C)C(C)C. The van der Waals surface area contributed by atoms with Gasteiger partial charge in [0.15, 0.2) is 5.78 Å². The van der Waals surface area contributed by atoms with E-state index < -0.39 is 54.1 Å². The standard InChI is InChI=1S/C53H85N3O13/c1-13-24-66-26-28-68-30-31-69-29-27-67-25-22-47(59)54(9)49(37(5)6)45(58)34-42(36(3)4)52(61)55(10)50(38(7)14-2)46(64-11)35-48(60)56-23-18-21-43(56)51(65-12)39(8)44(57)33-41(53(62)63)32-40-19-16-15-17-20-40/h1,15-17,19-20,36-39,41-43,46,49-51H,14,18,21-35H2,2-12H3,(H,62,63)/t38-,39-,41+,42-,43-,46+,49-,50?,51+/m0/s1. The second-order valence-corrected chi connectivity index (χ2v) is 19.0. The summed E-state index contributed by atoms with van der Waals surface area (Å²) in [5.41, 5.74) is 0.831.